The summed E-state index contributed by atoms with van der Waals surface area (Å²) in [6, 6.07) is 2.46. The molecule has 1 aromatic rings. The van der Waals surface area contributed by atoms with Crippen molar-refractivity contribution in [2.24, 2.45) is 0 Å². The van der Waals surface area contributed by atoms with E-state index in [4.69, 9.17) is 23.2 Å². The minimum atomic E-state index is -0.434. The van der Waals surface area contributed by atoms with Gasteiger partial charge in [-0.1, -0.05) is 35.4 Å². The van der Waals surface area contributed by atoms with Gasteiger partial charge in [0.2, 0.25) is 0 Å². The van der Waals surface area contributed by atoms with Gasteiger partial charge in [0, 0.05) is 6.54 Å². The molecular formula is C10H10Cl2FN. The third-order valence-corrected chi connectivity index (χ3v) is 2.24. The van der Waals surface area contributed by atoms with Crippen LogP contribution in [0.15, 0.2) is 24.3 Å². The first kappa shape index (κ1) is 11.3. The first-order chi connectivity index (χ1) is 6.65. The maximum Gasteiger partial charge on any atom is 0.126 e. The van der Waals surface area contributed by atoms with E-state index in [1.165, 1.54) is 12.1 Å². The van der Waals surface area contributed by atoms with E-state index in [2.05, 4.69) is 5.32 Å². The van der Waals surface area contributed by atoms with Crippen LogP contribution in [0.4, 0.5) is 10.1 Å². The van der Waals surface area contributed by atoms with Crippen LogP contribution in [0.2, 0.25) is 10.0 Å². The predicted octanol–water partition coefficient (Wildman–Crippen LogP) is 4.12. The highest BCUT2D eigenvalue weighted by Gasteiger charge is 2.06. The lowest BCUT2D eigenvalue weighted by Crippen LogP contribution is -1.99. The Morgan fingerprint density at radius 2 is 1.93 bits per heavy atom. The quantitative estimate of drug-likeness (QED) is 0.775. The first-order valence-corrected chi connectivity index (χ1v) is 4.90. The fraction of sp³-hybridized carbons (Fsp3) is 0.200. The Bertz CT molecular complexity index is 327. The number of allylic oxidation sites excluding steroid dienone is 1. The lowest BCUT2D eigenvalue weighted by Gasteiger charge is -2.08. The molecule has 0 radical (unpaired) electrons. The molecule has 1 nitrogen and oxygen atoms in total. The van der Waals surface area contributed by atoms with E-state index in [1.54, 1.807) is 0 Å². The Hall–Kier alpha value is -0.730. The standard InChI is InChI=1S/C10H10Cl2FN/c1-2-3-4-14-10-8(11)5-7(13)6-9(10)12/h2-3,5-6,14H,4H2,1H3/b3-2+. The summed E-state index contributed by atoms with van der Waals surface area (Å²) in [6.07, 6.45) is 3.81. The van der Waals surface area contributed by atoms with E-state index < -0.39 is 5.82 Å². The Balaban J connectivity index is 2.85. The van der Waals surface area contributed by atoms with E-state index >= 15 is 0 Å². The molecule has 0 amide bonds. The summed E-state index contributed by atoms with van der Waals surface area (Å²) in [6.45, 7) is 2.52. The highest BCUT2D eigenvalue weighted by atomic mass is 35.5. The van der Waals surface area contributed by atoms with Gasteiger partial charge in [0.05, 0.1) is 15.7 Å². The number of rotatable bonds is 3. The summed E-state index contributed by atoms with van der Waals surface area (Å²) in [4.78, 5) is 0. The molecule has 0 aliphatic heterocycles. The van der Waals surface area contributed by atoms with Crippen molar-refractivity contribution in [1.29, 1.82) is 0 Å². The molecule has 0 heterocycles. The van der Waals surface area contributed by atoms with Crippen molar-refractivity contribution in [3.8, 4) is 0 Å². The number of hydrogen-bond acceptors (Lipinski definition) is 1. The first-order valence-electron chi connectivity index (χ1n) is 4.14. The predicted molar refractivity (Wildman–Crippen MR) is 59.7 cm³/mol. The molecule has 14 heavy (non-hydrogen) atoms. The summed E-state index contributed by atoms with van der Waals surface area (Å²) >= 11 is 11.6. The maximum atomic E-state index is 12.8. The number of nitrogens with one attached hydrogen (secondary N) is 1. The Kier molecular flexibility index (Phi) is 4.23. The van der Waals surface area contributed by atoms with Crippen LogP contribution in [-0.4, -0.2) is 6.54 Å². The minimum Gasteiger partial charge on any atom is -0.379 e. The van der Waals surface area contributed by atoms with Gasteiger partial charge < -0.3 is 5.32 Å². The van der Waals surface area contributed by atoms with Crippen LogP contribution in [-0.2, 0) is 0 Å². The summed E-state index contributed by atoms with van der Waals surface area (Å²) in [5, 5.41) is 3.57. The molecule has 0 aliphatic rings. The van der Waals surface area contributed by atoms with E-state index in [0.29, 0.717) is 22.3 Å². The number of hydrogen-bond donors (Lipinski definition) is 1. The molecular weight excluding hydrogens is 224 g/mol. The summed E-state index contributed by atoms with van der Waals surface area (Å²) in [5.74, 6) is -0.434. The largest absolute Gasteiger partial charge is 0.379 e. The molecule has 0 fully saturated rings. The molecule has 0 aromatic heterocycles. The minimum absolute atomic E-state index is 0.291. The summed E-state index contributed by atoms with van der Waals surface area (Å²) in [5.41, 5.74) is 0.563. The van der Waals surface area contributed by atoms with E-state index in [0.717, 1.165) is 0 Å². The topological polar surface area (TPSA) is 12.0 Å². The smallest absolute Gasteiger partial charge is 0.126 e. The third kappa shape index (κ3) is 2.89. The zero-order valence-electron chi connectivity index (χ0n) is 7.65. The highest BCUT2D eigenvalue weighted by molar-refractivity contribution is 6.39. The maximum absolute atomic E-state index is 12.8. The van der Waals surface area contributed by atoms with Crippen LogP contribution in [0.3, 0.4) is 0 Å². The van der Waals surface area contributed by atoms with E-state index in [-0.39, 0.29) is 0 Å². The molecule has 0 spiro atoms. The molecule has 76 valence electrons. The molecule has 0 unspecified atom stereocenters. The van der Waals surface area contributed by atoms with Crippen LogP contribution in [0.1, 0.15) is 6.92 Å². The molecule has 0 aliphatic carbocycles. The third-order valence-electron chi connectivity index (χ3n) is 1.64. The number of benzene rings is 1. The second kappa shape index (κ2) is 5.23. The monoisotopic (exact) mass is 233 g/mol. The SMILES string of the molecule is C/C=C/CNc1c(Cl)cc(F)cc1Cl. The van der Waals surface area contributed by atoms with Crippen molar-refractivity contribution < 1.29 is 4.39 Å². The molecule has 1 rings (SSSR count). The fourth-order valence-electron chi connectivity index (χ4n) is 0.990. The Morgan fingerprint density at radius 1 is 1.36 bits per heavy atom. The second-order valence-corrected chi connectivity index (χ2v) is 3.51. The van der Waals surface area contributed by atoms with Crippen LogP contribution in [0.25, 0.3) is 0 Å². The van der Waals surface area contributed by atoms with Crippen molar-refractivity contribution in [2.75, 3.05) is 11.9 Å². The molecule has 0 saturated heterocycles. The fourth-order valence-corrected chi connectivity index (χ4v) is 1.58. The molecule has 1 N–H and O–H groups in total. The van der Waals surface area contributed by atoms with Gasteiger partial charge in [-0.15, -0.1) is 0 Å². The van der Waals surface area contributed by atoms with Gasteiger partial charge >= 0.3 is 0 Å². The van der Waals surface area contributed by atoms with Gasteiger partial charge in [-0.3, -0.25) is 0 Å². The lowest BCUT2D eigenvalue weighted by atomic mass is 10.3. The summed E-state index contributed by atoms with van der Waals surface area (Å²) in [7, 11) is 0. The van der Waals surface area contributed by atoms with Crippen molar-refractivity contribution in [2.45, 2.75) is 6.92 Å². The molecule has 0 saturated carbocycles. The zero-order chi connectivity index (χ0) is 10.6. The van der Waals surface area contributed by atoms with Gasteiger partial charge in [-0.05, 0) is 19.1 Å². The van der Waals surface area contributed by atoms with Crippen LogP contribution in [0, 0.1) is 5.82 Å². The van der Waals surface area contributed by atoms with Crippen molar-refractivity contribution >= 4 is 28.9 Å². The normalized spacial score (nSPS) is 10.9. The second-order valence-electron chi connectivity index (χ2n) is 2.69. The van der Waals surface area contributed by atoms with Crippen LogP contribution < -0.4 is 5.32 Å². The van der Waals surface area contributed by atoms with E-state index in [1.807, 2.05) is 19.1 Å². The average molecular weight is 234 g/mol. The number of halogens is 3. The number of anilines is 1. The van der Waals surface area contributed by atoms with Crippen molar-refractivity contribution in [3.63, 3.8) is 0 Å². The van der Waals surface area contributed by atoms with Crippen LogP contribution >= 0.6 is 23.2 Å². The van der Waals surface area contributed by atoms with Crippen LogP contribution in [0.5, 0.6) is 0 Å². The van der Waals surface area contributed by atoms with Gasteiger partial charge in [0.15, 0.2) is 0 Å². The van der Waals surface area contributed by atoms with E-state index in [9.17, 15) is 4.39 Å². The lowest BCUT2D eigenvalue weighted by molar-refractivity contribution is 0.628. The van der Waals surface area contributed by atoms with Gasteiger partial charge in [-0.2, -0.15) is 0 Å². The Morgan fingerprint density at radius 3 is 2.43 bits per heavy atom. The molecule has 1 aromatic carbocycles. The highest BCUT2D eigenvalue weighted by Crippen LogP contribution is 2.30. The van der Waals surface area contributed by atoms with Crippen molar-refractivity contribution in [3.05, 3.63) is 40.1 Å². The van der Waals surface area contributed by atoms with Gasteiger partial charge in [0.1, 0.15) is 5.82 Å². The van der Waals surface area contributed by atoms with Gasteiger partial charge in [0.25, 0.3) is 0 Å². The van der Waals surface area contributed by atoms with Gasteiger partial charge in [-0.25, -0.2) is 4.39 Å². The molecule has 4 heteroatoms. The Labute approximate surface area is 92.5 Å². The molecule has 0 atom stereocenters. The zero-order valence-corrected chi connectivity index (χ0v) is 9.16. The molecule has 0 bridgehead atoms. The van der Waals surface area contributed by atoms with Crippen molar-refractivity contribution in [1.82, 2.24) is 0 Å². The summed E-state index contributed by atoms with van der Waals surface area (Å²) < 4.78 is 12.8. The average Bonchev–Trinajstić information content (AvgIpc) is 2.09.